The maximum atomic E-state index is 5.61. The van der Waals surface area contributed by atoms with Crippen molar-refractivity contribution in [1.29, 1.82) is 0 Å². The number of rotatable bonds is 5. The molecule has 1 atom stereocenters. The van der Waals surface area contributed by atoms with Crippen molar-refractivity contribution < 1.29 is 4.74 Å². The lowest BCUT2D eigenvalue weighted by molar-refractivity contribution is 0.0611. The van der Waals surface area contributed by atoms with Gasteiger partial charge in [-0.1, -0.05) is 0 Å². The third-order valence-corrected chi connectivity index (χ3v) is 2.34. The summed E-state index contributed by atoms with van der Waals surface area (Å²) in [6, 6.07) is 2.30. The van der Waals surface area contributed by atoms with Crippen molar-refractivity contribution in [3.05, 3.63) is 17.5 Å². The highest BCUT2D eigenvalue weighted by Gasteiger charge is 2.14. The Balaban J connectivity index is 2.69. The third-order valence-electron chi connectivity index (χ3n) is 2.34. The summed E-state index contributed by atoms with van der Waals surface area (Å²) in [5, 5.41) is 7.57. The van der Waals surface area contributed by atoms with Crippen LogP contribution in [0.5, 0.6) is 0 Å². The largest absolute Gasteiger partial charge is 0.377 e. The molecule has 0 amide bonds. The number of nitrogens with one attached hydrogen (secondary N) is 1. The SMILES string of the molecule is CNC(COC(C)C)c1cc(C)nn1C. The fourth-order valence-electron chi connectivity index (χ4n) is 1.56. The van der Waals surface area contributed by atoms with Gasteiger partial charge in [0, 0.05) is 7.05 Å². The Morgan fingerprint density at radius 3 is 2.60 bits per heavy atom. The Morgan fingerprint density at radius 2 is 2.20 bits per heavy atom. The molecule has 0 saturated carbocycles. The zero-order chi connectivity index (χ0) is 11.4. The average molecular weight is 211 g/mol. The standard InChI is InChI=1S/C11H21N3O/c1-8(2)15-7-10(12-4)11-6-9(3)13-14(11)5/h6,8,10,12H,7H2,1-5H3. The third kappa shape index (κ3) is 3.32. The van der Waals surface area contributed by atoms with Crippen LogP contribution in [0, 0.1) is 6.92 Å². The average Bonchev–Trinajstić information content (AvgIpc) is 2.46. The Bertz CT molecular complexity index is 307. The Labute approximate surface area is 91.6 Å². The van der Waals surface area contributed by atoms with E-state index in [0.717, 1.165) is 11.4 Å². The van der Waals surface area contributed by atoms with Crippen molar-refractivity contribution in [3.63, 3.8) is 0 Å². The molecule has 0 radical (unpaired) electrons. The molecule has 4 nitrogen and oxygen atoms in total. The van der Waals surface area contributed by atoms with Crippen molar-refractivity contribution in [2.45, 2.75) is 32.9 Å². The summed E-state index contributed by atoms with van der Waals surface area (Å²) in [7, 11) is 3.90. The molecule has 0 spiro atoms. The van der Waals surface area contributed by atoms with Crippen LogP contribution in [-0.4, -0.2) is 29.5 Å². The maximum Gasteiger partial charge on any atom is 0.0727 e. The highest BCUT2D eigenvalue weighted by molar-refractivity contribution is 5.13. The molecule has 0 aliphatic carbocycles. The van der Waals surface area contributed by atoms with E-state index in [0.29, 0.717) is 6.61 Å². The molecule has 4 heteroatoms. The zero-order valence-electron chi connectivity index (χ0n) is 10.2. The molecule has 1 aromatic heterocycles. The second-order valence-corrected chi connectivity index (χ2v) is 4.06. The fourth-order valence-corrected chi connectivity index (χ4v) is 1.56. The summed E-state index contributed by atoms with van der Waals surface area (Å²) in [5.74, 6) is 0. The summed E-state index contributed by atoms with van der Waals surface area (Å²) in [6.07, 6.45) is 0.259. The molecule has 0 saturated heterocycles. The van der Waals surface area contributed by atoms with Crippen molar-refractivity contribution in [2.24, 2.45) is 7.05 Å². The summed E-state index contributed by atoms with van der Waals surface area (Å²) >= 11 is 0. The molecule has 0 aliphatic rings. The van der Waals surface area contributed by atoms with Gasteiger partial charge in [-0.25, -0.2) is 0 Å². The van der Waals surface area contributed by atoms with E-state index >= 15 is 0 Å². The molecule has 1 aromatic rings. The molecule has 1 heterocycles. The number of aromatic nitrogens is 2. The van der Waals surface area contributed by atoms with Gasteiger partial charge < -0.3 is 10.1 Å². The van der Waals surface area contributed by atoms with Crippen molar-refractivity contribution in [1.82, 2.24) is 15.1 Å². The quantitative estimate of drug-likeness (QED) is 0.800. The van der Waals surface area contributed by atoms with Gasteiger partial charge in [0.05, 0.1) is 30.1 Å². The number of aryl methyl sites for hydroxylation is 2. The van der Waals surface area contributed by atoms with Crippen LogP contribution in [-0.2, 0) is 11.8 Å². The predicted octanol–water partition coefficient (Wildman–Crippen LogP) is 1.41. The van der Waals surface area contributed by atoms with Gasteiger partial charge in [-0.05, 0) is 33.9 Å². The van der Waals surface area contributed by atoms with E-state index in [1.165, 1.54) is 0 Å². The summed E-state index contributed by atoms with van der Waals surface area (Å²) < 4.78 is 7.51. The first-order valence-electron chi connectivity index (χ1n) is 5.34. The van der Waals surface area contributed by atoms with Crippen LogP contribution in [0.15, 0.2) is 6.07 Å². The van der Waals surface area contributed by atoms with Gasteiger partial charge in [0.1, 0.15) is 0 Å². The summed E-state index contributed by atoms with van der Waals surface area (Å²) in [4.78, 5) is 0. The van der Waals surface area contributed by atoms with E-state index < -0.39 is 0 Å². The van der Waals surface area contributed by atoms with Crippen LogP contribution in [0.3, 0.4) is 0 Å². The molecule has 1 rings (SSSR count). The van der Waals surface area contributed by atoms with E-state index in [-0.39, 0.29) is 12.1 Å². The van der Waals surface area contributed by atoms with E-state index in [9.17, 15) is 0 Å². The minimum Gasteiger partial charge on any atom is -0.377 e. The number of hydrogen-bond donors (Lipinski definition) is 1. The normalized spacial score (nSPS) is 13.5. The minimum absolute atomic E-state index is 0.207. The van der Waals surface area contributed by atoms with Gasteiger partial charge >= 0.3 is 0 Å². The van der Waals surface area contributed by atoms with Gasteiger partial charge in [-0.15, -0.1) is 0 Å². The second-order valence-electron chi connectivity index (χ2n) is 4.06. The van der Waals surface area contributed by atoms with Gasteiger partial charge in [-0.3, -0.25) is 4.68 Å². The summed E-state index contributed by atoms with van der Waals surface area (Å²) in [5.41, 5.74) is 2.20. The Hall–Kier alpha value is -0.870. The van der Waals surface area contributed by atoms with Crippen molar-refractivity contribution in [3.8, 4) is 0 Å². The molecule has 0 aromatic carbocycles. The smallest absolute Gasteiger partial charge is 0.0727 e. The molecule has 15 heavy (non-hydrogen) atoms. The van der Waals surface area contributed by atoms with E-state index in [1.54, 1.807) is 0 Å². The second kappa shape index (κ2) is 5.28. The lowest BCUT2D eigenvalue weighted by Crippen LogP contribution is -2.25. The van der Waals surface area contributed by atoms with Gasteiger partial charge in [0.25, 0.3) is 0 Å². The van der Waals surface area contributed by atoms with Crippen LogP contribution >= 0.6 is 0 Å². The highest BCUT2D eigenvalue weighted by Crippen LogP contribution is 2.14. The van der Waals surface area contributed by atoms with Crippen LogP contribution in [0.4, 0.5) is 0 Å². The molecule has 0 aliphatic heterocycles. The lowest BCUT2D eigenvalue weighted by atomic mass is 10.2. The highest BCUT2D eigenvalue weighted by atomic mass is 16.5. The number of nitrogens with zero attached hydrogens (tertiary/aromatic N) is 2. The molecular formula is C11H21N3O. The zero-order valence-corrected chi connectivity index (χ0v) is 10.2. The monoisotopic (exact) mass is 211 g/mol. The molecule has 86 valence electrons. The minimum atomic E-state index is 0.207. The molecule has 1 N–H and O–H groups in total. The lowest BCUT2D eigenvalue weighted by Gasteiger charge is -2.18. The Kier molecular flexibility index (Phi) is 4.29. The first-order chi connectivity index (χ1) is 7.04. The molecular weight excluding hydrogens is 190 g/mol. The first-order valence-corrected chi connectivity index (χ1v) is 5.34. The van der Waals surface area contributed by atoms with Crippen LogP contribution in [0.1, 0.15) is 31.3 Å². The van der Waals surface area contributed by atoms with E-state index in [1.807, 2.05) is 39.5 Å². The Morgan fingerprint density at radius 1 is 1.53 bits per heavy atom. The topological polar surface area (TPSA) is 39.1 Å². The van der Waals surface area contributed by atoms with Crippen molar-refractivity contribution in [2.75, 3.05) is 13.7 Å². The van der Waals surface area contributed by atoms with Crippen LogP contribution in [0.2, 0.25) is 0 Å². The van der Waals surface area contributed by atoms with Gasteiger partial charge in [-0.2, -0.15) is 5.10 Å². The van der Waals surface area contributed by atoms with Crippen molar-refractivity contribution >= 4 is 0 Å². The fraction of sp³-hybridized carbons (Fsp3) is 0.727. The van der Waals surface area contributed by atoms with Gasteiger partial charge in [0.2, 0.25) is 0 Å². The van der Waals surface area contributed by atoms with Crippen LogP contribution < -0.4 is 5.32 Å². The maximum absolute atomic E-state index is 5.61. The number of hydrogen-bond acceptors (Lipinski definition) is 3. The number of likely N-dealkylation sites (N-methyl/N-ethyl adjacent to an activating group) is 1. The number of ether oxygens (including phenoxy) is 1. The van der Waals surface area contributed by atoms with E-state index in [2.05, 4.69) is 16.5 Å². The van der Waals surface area contributed by atoms with Gasteiger partial charge in [0.15, 0.2) is 0 Å². The first kappa shape index (κ1) is 12.2. The van der Waals surface area contributed by atoms with E-state index in [4.69, 9.17) is 4.74 Å². The van der Waals surface area contributed by atoms with Crippen LogP contribution in [0.25, 0.3) is 0 Å². The molecule has 0 bridgehead atoms. The predicted molar refractivity (Wildman–Crippen MR) is 60.8 cm³/mol. The molecule has 1 unspecified atom stereocenters. The molecule has 0 fully saturated rings. The summed E-state index contributed by atoms with van der Waals surface area (Å²) in [6.45, 7) is 6.76.